The molecule has 1 aliphatic carbocycles. The molecule has 3 unspecified atom stereocenters. The maximum atomic E-state index is 12.0. The molecule has 0 bridgehead atoms. The topological polar surface area (TPSA) is 77.8 Å². The lowest BCUT2D eigenvalue weighted by molar-refractivity contribution is -0.141. The Kier molecular flexibility index (Phi) is 3.81. The van der Waals surface area contributed by atoms with E-state index in [2.05, 4.69) is 0 Å². The summed E-state index contributed by atoms with van der Waals surface area (Å²) in [7, 11) is 1.65. The number of amides is 1. The minimum absolute atomic E-state index is 0.136. The fourth-order valence-corrected chi connectivity index (χ4v) is 2.29. The van der Waals surface area contributed by atoms with E-state index in [1.807, 2.05) is 0 Å². The third-order valence-electron chi connectivity index (χ3n) is 3.62. The highest BCUT2D eigenvalue weighted by Gasteiger charge is 2.66. The van der Waals surface area contributed by atoms with Crippen LogP contribution in [0.1, 0.15) is 27.2 Å². The molecule has 0 spiro atoms. The van der Waals surface area contributed by atoms with Gasteiger partial charge < -0.3 is 15.1 Å². The molecule has 0 aromatic carbocycles. The number of carboxylic acid groups (broad SMARTS) is 1. The Labute approximate surface area is 101 Å². The second-order valence-corrected chi connectivity index (χ2v) is 5.51. The van der Waals surface area contributed by atoms with E-state index in [-0.39, 0.29) is 5.91 Å². The fourth-order valence-electron chi connectivity index (χ4n) is 2.29. The Morgan fingerprint density at radius 2 is 1.88 bits per heavy atom. The van der Waals surface area contributed by atoms with Crippen molar-refractivity contribution >= 4 is 11.9 Å². The highest BCUT2D eigenvalue weighted by Crippen LogP contribution is 2.58. The quantitative estimate of drug-likeness (QED) is 0.740. The summed E-state index contributed by atoms with van der Waals surface area (Å²) < 4.78 is 0. The molecule has 98 valence electrons. The lowest BCUT2D eigenvalue weighted by Crippen LogP contribution is -2.32. The second-order valence-electron chi connectivity index (χ2n) is 5.51. The van der Waals surface area contributed by atoms with E-state index < -0.39 is 29.3 Å². The Bertz CT molecular complexity index is 324. The van der Waals surface area contributed by atoms with Gasteiger partial charge in [0.25, 0.3) is 0 Å². The van der Waals surface area contributed by atoms with Crippen molar-refractivity contribution in [2.75, 3.05) is 13.6 Å². The SMILES string of the molecule is CC(O)CCN(C)C(=O)C1C(C(=O)O)C1(C)C. The third kappa shape index (κ3) is 2.77. The highest BCUT2D eigenvalue weighted by molar-refractivity contribution is 5.91. The number of carboxylic acids is 1. The first-order valence-electron chi connectivity index (χ1n) is 5.85. The number of aliphatic hydroxyl groups is 1. The minimum Gasteiger partial charge on any atom is -0.481 e. The molecule has 5 heteroatoms. The van der Waals surface area contributed by atoms with Crippen LogP contribution in [0, 0.1) is 17.3 Å². The van der Waals surface area contributed by atoms with Crippen molar-refractivity contribution < 1.29 is 19.8 Å². The molecular formula is C12H21NO4. The first kappa shape index (κ1) is 14.0. The van der Waals surface area contributed by atoms with Crippen molar-refractivity contribution in [1.82, 2.24) is 4.90 Å². The van der Waals surface area contributed by atoms with Crippen LogP contribution in [-0.2, 0) is 9.59 Å². The zero-order valence-electron chi connectivity index (χ0n) is 10.8. The Morgan fingerprint density at radius 1 is 1.35 bits per heavy atom. The molecule has 0 heterocycles. The van der Waals surface area contributed by atoms with Gasteiger partial charge in [-0.15, -0.1) is 0 Å². The van der Waals surface area contributed by atoms with Crippen molar-refractivity contribution in [2.24, 2.45) is 17.3 Å². The fraction of sp³-hybridized carbons (Fsp3) is 0.833. The van der Waals surface area contributed by atoms with Crippen molar-refractivity contribution in [3.63, 3.8) is 0 Å². The molecule has 17 heavy (non-hydrogen) atoms. The number of carbonyl (C=O) groups is 2. The molecule has 1 rings (SSSR count). The number of hydrogen-bond acceptors (Lipinski definition) is 3. The van der Waals surface area contributed by atoms with E-state index >= 15 is 0 Å². The molecular weight excluding hydrogens is 222 g/mol. The van der Waals surface area contributed by atoms with Gasteiger partial charge in [0.15, 0.2) is 0 Å². The van der Waals surface area contributed by atoms with Crippen molar-refractivity contribution in [3.8, 4) is 0 Å². The van der Waals surface area contributed by atoms with Crippen molar-refractivity contribution in [2.45, 2.75) is 33.3 Å². The highest BCUT2D eigenvalue weighted by atomic mass is 16.4. The number of aliphatic carboxylic acids is 1. The van der Waals surface area contributed by atoms with Gasteiger partial charge in [-0.2, -0.15) is 0 Å². The molecule has 0 saturated heterocycles. The monoisotopic (exact) mass is 243 g/mol. The zero-order valence-corrected chi connectivity index (χ0v) is 10.8. The summed E-state index contributed by atoms with van der Waals surface area (Å²) >= 11 is 0. The van der Waals surface area contributed by atoms with Gasteiger partial charge in [0.2, 0.25) is 5.91 Å². The van der Waals surface area contributed by atoms with Crippen LogP contribution in [0.4, 0.5) is 0 Å². The molecule has 1 aliphatic rings. The molecule has 3 atom stereocenters. The standard InChI is InChI=1S/C12H21NO4/c1-7(14)5-6-13(4)10(15)8-9(11(16)17)12(8,2)3/h7-9,14H,5-6H2,1-4H3,(H,16,17). The summed E-state index contributed by atoms with van der Waals surface area (Å²) in [5.74, 6) is -2.05. The first-order valence-corrected chi connectivity index (χ1v) is 5.85. The summed E-state index contributed by atoms with van der Waals surface area (Å²) in [6, 6.07) is 0. The number of nitrogens with zero attached hydrogens (tertiary/aromatic N) is 1. The minimum atomic E-state index is -0.905. The van der Waals surface area contributed by atoms with E-state index in [9.17, 15) is 9.59 Å². The van der Waals surface area contributed by atoms with Gasteiger partial charge in [0.05, 0.1) is 17.9 Å². The Morgan fingerprint density at radius 3 is 2.24 bits per heavy atom. The lowest BCUT2D eigenvalue weighted by atomic mass is 10.1. The van der Waals surface area contributed by atoms with Crippen LogP contribution in [0.2, 0.25) is 0 Å². The van der Waals surface area contributed by atoms with Gasteiger partial charge in [-0.1, -0.05) is 13.8 Å². The van der Waals surface area contributed by atoms with Crippen LogP contribution < -0.4 is 0 Å². The van der Waals surface area contributed by atoms with E-state index in [0.29, 0.717) is 13.0 Å². The van der Waals surface area contributed by atoms with Crippen LogP contribution in [-0.4, -0.2) is 46.7 Å². The largest absolute Gasteiger partial charge is 0.481 e. The molecule has 1 amide bonds. The van der Waals surface area contributed by atoms with E-state index in [1.165, 1.54) is 4.90 Å². The third-order valence-corrected chi connectivity index (χ3v) is 3.62. The average molecular weight is 243 g/mol. The molecule has 0 aromatic heterocycles. The van der Waals surface area contributed by atoms with Gasteiger partial charge in [-0.05, 0) is 18.8 Å². The normalized spacial score (nSPS) is 27.4. The molecule has 1 saturated carbocycles. The number of rotatable bonds is 5. The van der Waals surface area contributed by atoms with Crippen molar-refractivity contribution in [1.29, 1.82) is 0 Å². The molecule has 1 fully saturated rings. The number of hydrogen-bond donors (Lipinski definition) is 2. The lowest BCUT2D eigenvalue weighted by Gasteiger charge is -2.18. The van der Waals surface area contributed by atoms with Crippen LogP contribution in [0.15, 0.2) is 0 Å². The molecule has 0 aromatic rings. The predicted octanol–water partition coefficient (Wildman–Crippen LogP) is 0.572. The Balaban J connectivity index is 2.57. The summed E-state index contributed by atoms with van der Waals surface area (Å²) in [5.41, 5.74) is -0.456. The molecule has 0 aliphatic heterocycles. The smallest absolute Gasteiger partial charge is 0.307 e. The summed E-state index contributed by atoms with van der Waals surface area (Å²) in [4.78, 5) is 24.5. The van der Waals surface area contributed by atoms with Crippen LogP contribution >= 0.6 is 0 Å². The summed E-state index contributed by atoms with van der Waals surface area (Å²) in [5, 5.41) is 18.1. The summed E-state index contributed by atoms with van der Waals surface area (Å²) in [6.07, 6.45) is 0.0559. The van der Waals surface area contributed by atoms with Gasteiger partial charge in [0.1, 0.15) is 0 Å². The second kappa shape index (κ2) is 4.64. The number of carbonyl (C=O) groups excluding carboxylic acids is 1. The maximum Gasteiger partial charge on any atom is 0.307 e. The summed E-state index contributed by atoms with van der Waals surface area (Å²) in [6.45, 7) is 5.72. The van der Waals surface area contributed by atoms with Crippen LogP contribution in [0.5, 0.6) is 0 Å². The van der Waals surface area contributed by atoms with Gasteiger partial charge in [0, 0.05) is 13.6 Å². The molecule has 5 nitrogen and oxygen atoms in total. The van der Waals surface area contributed by atoms with Crippen LogP contribution in [0.3, 0.4) is 0 Å². The average Bonchev–Trinajstić information content (AvgIpc) is 2.76. The van der Waals surface area contributed by atoms with Gasteiger partial charge in [-0.3, -0.25) is 9.59 Å². The molecule has 0 radical (unpaired) electrons. The Hall–Kier alpha value is -1.10. The van der Waals surface area contributed by atoms with E-state index in [1.54, 1.807) is 27.8 Å². The van der Waals surface area contributed by atoms with E-state index in [4.69, 9.17) is 10.2 Å². The number of aliphatic hydroxyl groups excluding tert-OH is 1. The zero-order chi connectivity index (χ0) is 13.4. The van der Waals surface area contributed by atoms with E-state index in [0.717, 1.165) is 0 Å². The van der Waals surface area contributed by atoms with Gasteiger partial charge >= 0.3 is 5.97 Å². The van der Waals surface area contributed by atoms with Crippen molar-refractivity contribution in [3.05, 3.63) is 0 Å². The molecule has 2 N–H and O–H groups in total. The maximum absolute atomic E-state index is 12.0. The van der Waals surface area contributed by atoms with Gasteiger partial charge in [-0.25, -0.2) is 0 Å². The predicted molar refractivity (Wildman–Crippen MR) is 62.3 cm³/mol. The first-order chi connectivity index (χ1) is 7.69. The van der Waals surface area contributed by atoms with Crippen LogP contribution in [0.25, 0.3) is 0 Å².